The van der Waals surface area contributed by atoms with E-state index in [2.05, 4.69) is 9.72 Å². The molecule has 0 aliphatic carbocycles. The monoisotopic (exact) mass is 372 g/mol. The Morgan fingerprint density at radius 1 is 1.27 bits per heavy atom. The molecule has 0 spiro atoms. The van der Waals surface area contributed by atoms with Gasteiger partial charge in [-0.2, -0.15) is 13.2 Å². The molecule has 1 unspecified atom stereocenters. The first kappa shape index (κ1) is 18.2. The molecule has 1 atom stereocenters. The molecule has 1 fully saturated rings. The van der Waals surface area contributed by atoms with Gasteiger partial charge in [0.25, 0.3) is 0 Å². The van der Waals surface area contributed by atoms with Gasteiger partial charge >= 0.3 is 18.1 Å². The molecule has 1 N–H and O–H groups in total. The van der Waals surface area contributed by atoms with Crippen molar-refractivity contribution in [2.45, 2.75) is 31.5 Å². The van der Waals surface area contributed by atoms with Crippen molar-refractivity contribution in [2.24, 2.45) is 0 Å². The summed E-state index contributed by atoms with van der Waals surface area (Å²) in [6.45, 7) is 1.48. The Morgan fingerprint density at radius 2 is 1.96 bits per heavy atom. The number of hydrogen-bond donors (Lipinski definition) is 1. The van der Waals surface area contributed by atoms with Crippen LogP contribution in [0.4, 0.5) is 17.6 Å². The number of nitrogens with one attached hydrogen (secondary N) is 1. The van der Waals surface area contributed by atoms with E-state index in [1.165, 1.54) is 13.0 Å². The SMILES string of the molecule is COC(=O)c1cc(F)cc2[nH]c(C3(C)CCCN3C(=O)C(F)(F)F)cc12. The minimum atomic E-state index is -4.99. The summed E-state index contributed by atoms with van der Waals surface area (Å²) in [5.74, 6) is -3.37. The molecule has 1 amide bonds. The van der Waals surface area contributed by atoms with E-state index in [1.54, 1.807) is 0 Å². The fourth-order valence-corrected chi connectivity index (χ4v) is 3.49. The molecule has 140 valence electrons. The number of fused-ring (bicyclic) bond motifs is 1. The highest BCUT2D eigenvalue weighted by Gasteiger charge is 2.51. The van der Waals surface area contributed by atoms with Crippen LogP contribution in [0.3, 0.4) is 0 Å². The minimum absolute atomic E-state index is 0.0393. The summed E-state index contributed by atoms with van der Waals surface area (Å²) in [5, 5.41) is 0.320. The molecule has 3 rings (SSSR count). The maximum atomic E-state index is 13.8. The molecule has 9 heteroatoms. The maximum Gasteiger partial charge on any atom is 0.471 e. The van der Waals surface area contributed by atoms with Crippen molar-refractivity contribution in [3.8, 4) is 0 Å². The highest BCUT2D eigenvalue weighted by molar-refractivity contribution is 6.04. The van der Waals surface area contributed by atoms with E-state index in [1.807, 2.05) is 0 Å². The van der Waals surface area contributed by atoms with Crippen molar-refractivity contribution in [3.63, 3.8) is 0 Å². The molecule has 2 aromatic rings. The standard InChI is InChI=1S/C17H16F4N2O3/c1-16(4-3-5-23(16)15(25)17(19,20)21)13-8-10-11(14(24)26-2)6-9(18)7-12(10)22-13/h6-8,22H,3-5H2,1-2H3. The molecule has 1 saturated heterocycles. The van der Waals surface area contributed by atoms with E-state index >= 15 is 0 Å². The second-order valence-corrected chi connectivity index (χ2v) is 6.42. The lowest BCUT2D eigenvalue weighted by Crippen LogP contribution is -2.48. The summed E-state index contributed by atoms with van der Waals surface area (Å²) in [6.07, 6.45) is -4.29. The molecule has 1 aliphatic heterocycles. The molecular formula is C17H16F4N2O3. The van der Waals surface area contributed by atoms with Crippen molar-refractivity contribution in [1.82, 2.24) is 9.88 Å². The number of halogens is 4. The van der Waals surface area contributed by atoms with Crippen molar-refractivity contribution < 1.29 is 31.9 Å². The molecule has 5 nitrogen and oxygen atoms in total. The second kappa shape index (κ2) is 6.00. The van der Waals surface area contributed by atoms with E-state index in [0.717, 1.165) is 24.1 Å². The van der Waals surface area contributed by atoms with Gasteiger partial charge in [-0.25, -0.2) is 9.18 Å². The normalized spacial score (nSPS) is 20.6. The molecular weight excluding hydrogens is 356 g/mol. The van der Waals surface area contributed by atoms with E-state index in [9.17, 15) is 27.2 Å². The molecule has 26 heavy (non-hydrogen) atoms. The third-order valence-corrected chi connectivity index (χ3v) is 4.82. The van der Waals surface area contributed by atoms with E-state index in [-0.39, 0.29) is 17.6 Å². The van der Waals surface area contributed by atoms with Crippen molar-refractivity contribution in [2.75, 3.05) is 13.7 Å². The van der Waals surface area contributed by atoms with Crippen LogP contribution in [0.1, 0.15) is 35.8 Å². The van der Waals surface area contributed by atoms with Gasteiger partial charge in [0.1, 0.15) is 5.82 Å². The lowest BCUT2D eigenvalue weighted by molar-refractivity contribution is -0.189. The second-order valence-electron chi connectivity index (χ2n) is 6.42. The van der Waals surface area contributed by atoms with Crippen molar-refractivity contribution in [3.05, 3.63) is 35.3 Å². The van der Waals surface area contributed by atoms with E-state index in [4.69, 9.17) is 0 Å². The van der Waals surface area contributed by atoms with Gasteiger partial charge in [-0.05, 0) is 38.0 Å². The zero-order chi connectivity index (χ0) is 19.3. The summed E-state index contributed by atoms with van der Waals surface area (Å²) in [5.41, 5.74) is -0.734. The summed E-state index contributed by atoms with van der Waals surface area (Å²) in [7, 11) is 1.15. The van der Waals surface area contributed by atoms with Gasteiger partial charge in [0.15, 0.2) is 0 Å². The lowest BCUT2D eigenvalue weighted by atomic mass is 9.94. The zero-order valence-electron chi connectivity index (χ0n) is 14.0. The van der Waals surface area contributed by atoms with Gasteiger partial charge in [-0.15, -0.1) is 0 Å². The van der Waals surface area contributed by atoms with Crippen LogP contribution in [0.2, 0.25) is 0 Å². The Hall–Kier alpha value is -2.58. The molecule has 2 heterocycles. The number of carbonyl (C=O) groups excluding carboxylic acids is 2. The zero-order valence-corrected chi connectivity index (χ0v) is 14.0. The van der Waals surface area contributed by atoms with Crippen LogP contribution < -0.4 is 0 Å². The Kier molecular flexibility index (Phi) is 4.20. The largest absolute Gasteiger partial charge is 0.471 e. The molecule has 1 aliphatic rings. The van der Waals surface area contributed by atoms with Gasteiger partial charge < -0.3 is 14.6 Å². The summed E-state index contributed by atoms with van der Waals surface area (Å²) >= 11 is 0. The smallest absolute Gasteiger partial charge is 0.465 e. The number of benzene rings is 1. The van der Waals surface area contributed by atoms with Crippen LogP contribution in [-0.2, 0) is 15.1 Å². The number of nitrogens with zero attached hydrogens (tertiary/aromatic N) is 1. The van der Waals surface area contributed by atoms with Crippen LogP contribution in [0.15, 0.2) is 18.2 Å². The van der Waals surface area contributed by atoms with Crippen LogP contribution in [0.25, 0.3) is 10.9 Å². The first-order chi connectivity index (χ1) is 12.1. The fourth-order valence-electron chi connectivity index (χ4n) is 3.49. The average Bonchev–Trinajstić information content (AvgIpc) is 3.16. The van der Waals surface area contributed by atoms with Gasteiger partial charge in [-0.3, -0.25) is 4.79 Å². The number of esters is 1. The van der Waals surface area contributed by atoms with Crippen LogP contribution >= 0.6 is 0 Å². The number of ether oxygens (including phenoxy) is 1. The van der Waals surface area contributed by atoms with Crippen molar-refractivity contribution >= 4 is 22.8 Å². The summed E-state index contributed by atoms with van der Waals surface area (Å²) in [4.78, 5) is 27.3. The summed E-state index contributed by atoms with van der Waals surface area (Å²) in [6, 6.07) is 3.61. The Morgan fingerprint density at radius 3 is 2.58 bits per heavy atom. The number of aromatic nitrogens is 1. The van der Waals surface area contributed by atoms with E-state index < -0.39 is 29.4 Å². The number of H-pyrrole nitrogens is 1. The predicted molar refractivity (Wildman–Crippen MR) is 84.0 cm³/mol. The Bertz CT molecular complexity index is 890. The first-order valence-corrected chi connectivity index (χ1v) is 7.88. The van der Waals surface area contributed by atoms with Crippen LogP contribution in [0.5, 0.6) is 0 Å². The molecule has 0 saturated carbocycles. The van der Waals surface area contributed by atoms with Crippen LogP contribution in [-0.4, -0.2) is 41.6 Å². The predicted octanol–water partition coefficient (Wildman–Crippen LogP) is 3.49. The van der Waals surface area contributed by atoms with Crippen LogP contribution in [0, 0.1) is 5.82 Å². The van der Waals surface area contributed by atoms with Gasteiger partial charge in [0.05, 0.1) is 18.2 Å². The lowest BCUT2D eigenvalue weighted by Gasteiger charge is -2.35. The number of rotatable bonds is 2. The number of methoxy groups -OCH3 is 1. The molecule has 1 aromatic heterocycles. The topological polar surface area (TPSA) is 62.4 Å². The summed E-state index contributed by atoms with van der Waals surface area (Å²) < 4.78 is 57.2. The van der Waals surface area contributed by atoms with Gasteiger partial charge in [-0.1, -0.05) is 0 Å². The number of alkyl halides is 3. The van der Waals surface area contributed by atoms with E-state index in [0.29, 0.717) is 23.9 Å². The molecule has 0 radical (unpaired) electrons. The number of amides is 1. The quantitative estimate of drug-likeness (QED) is 0.648. The van der Waals surface area contributed by atoms with Gasteiger partial charge in [0, 0.05) is 23.1 Å². The average molecular weight is 372 g/mol. The Labute approximate surface area is 145 Å². The third-order valence-electron chi connectivity index (χ3n) is 4.82. The highest BCUT2D eigenvalue weighted by Crippen LogP contribution is 2.41. The first-order valence-electron chi connectivity index (χ1n) is 7.88. The maximum absolute atomic E-state index is 13.8. The fraction of sp³-hybridized carbons (Fsp3) is 0.412. The number of likely N-dealkylation sites (tertiary alicyclic amines) is 1. The third kappa shape index (κ3) is 2.81. The number of hydrogen-bond acceptors (Lipinski definition) is 3. The minimum Gasteiger partial charge on any atom is -0.465 e. The van der Waals surface area contributed by atoms with Gasteiger partial charge in [0.2, 0.25) is 0 Å². The van der Waals surface area contributed by atoms with Crippen molar-refractivity contribution in [1.29, 1.82) is 0 Å². The highest BCUT2D eigenvalue weighted by atomic mass is 19.4. The number of carbonyl (C=O) groups is 2. The number of aromatic amines is 1. The molecule has 0 bridgehead atoms. The molecule has 1 aromatic carbocycles. The Balaban J connectivity index is 2.13.